The summed E-state index contributed by atoms with van der Waals surface area (Å²) in [5.41, 5.74) is 7.91. The van der Waals surface area contributed by atoms with E-state index in [0.717, 1.165) is 16.3 Å². The Morgan fingerprint density at radius 3 is 2.66 bits per heavy atom. The van der Waals surface area contributed by atoms with Gasteiger partial charge in [0.25, 0.3) is 5.91 Å². The molecule has 0 aliphatic heterocycles. The van der Waals surface area contributed by atoms with E-state index in [2.05, 4.69) is 20.3 Å². The topological polar surface area (TPSA) is 103 Å². The Labute approximate surface area is 171 Å². The molecule has 0 atom stereocenters. The first kappa shape index (κ1) is 18.6. The molecule has 0 aliphatic carbocycles. The van der Waals surface area contributed by atoms with E-state index in [9.17, 15) is 4.79 Å². The third-order valence-electron chi connectivity index (χ3n) is 3.98. The standard InChI is InChI=1S/C21H17N5O2S/c1-13-25-19(14-5-3-2-4-6-14)21(29-13)28-16-8-10-24-18(12-16)26-15-7-9-23-17(11-15)20(22)27/h2-12H,1H3,(H2,22,27)(H,23,24,26). The van der Waals surface area contributed by atoms with Crippen molar-refractivity contribution < 1.29 is 9.53 Å². The molecular weight excluding hydrogens is 386 g/mol. The van der Waals surface area contributed by atoms with Crippen LogP contribution in [0.1, 0.15) is 15.5 Å². The van der Waals surface area contributed by atoms with Crippen LogP contribution in [-0.2, 0) is 0 Å². The summed E-state index contributed by atoms with van der Waals surface area (Å²) < 4.78 is 6.11. The minimum Gasteiger partial charge on any atom is -0.444 e. The number of nitrogens with two attached hydrogens (primary N) is 1. The van der Waals surface area contributed by atoms with Gasteiger partial charge in [0.2, 0.25) is 5.06 Å². The molecule has 4 aromatic rings. The third-order valence-corrected chi connectivity index (χ3v) is 4.83. The average Bonchev–Trinajstić information content (AvgIpc) is 3.09. The normalized spacial score (nSPS) is 10.5. The molecule has 3 aromatic heterocycles. The lowest BCUT2D eigenvalue weighted by molar-refractivity contribution is 0.0995. The van der Waals surface area contributed by atoms with Crippen molar-refractivity contribution >= 4 is 28.7 Å². The van der Waals surface area contributed by atoms with Gasteiger partial charge in [-0.3, -0.25) is 9.78 Å². The van der Waals surface area contributed by atoms with Gasteiger partial charge in [0.15, 0.2) is 0 Å². The van der Waals surface area contributed by atoms with E-state index in [1.807, 2.05) is 37.3 Å². The molecular formula is C21H17N5O2S. The highest BCUT2D eigenvalue weighted by atomic mass is 32.1. The van der Waals surface area contributed by atoms with E-state index in [0.29, 0.717) is 22.3 Å². The number of aryl methyl sites for hydroxylation is 1. The molecule has 144 valence electrons. The summed E-state index contributed by atoms with van der Waals surface area (Å²) in [6.45, 7) is 1.95. The molecule has 1 aromatic carbocycles. The van der Waals surface area contributed by atoms with Crippen LogP contribution in [0.4, 0.5) is 11.5 Å². The third kappa shape index (κ3) is 4.39. The molecule has 0 radical (unpaired) electrons. The van der Waals surface area contributed by atoms with Crippen LogP contribution in [0.2, 0.25) is 0 Å². The number of carbonyl (C=O) groups is 1. The van der Waals surface area contributed by atoms with E-state index >= 15 is 0 Å². The van der Waals surface area contributed by atoms with E-state index < -0.39 is 5.91 Å². The molecule has 1 amide bonds. The van der Waals surface area contributed by atoms with Crippen molar-refractivity contribution in [3.05, 3.63) is 77.7 Å². The second kappa shape index (κ2) is 8.07. The monoisotopic (exact) mass is 403 g/mol. The summed E-state index contributed by atoms with van der Waals surface area (Å²) in [5, 5.41) is 4.76. The number of nitrogens with zero attached hydrogens (tertiary/aromatic N) is 3. The predicted molar refractivity (Wildman–Crippen MR) is 113 cm³/mol. The van der Waals surface area contributed by atoms with Gasteiger partial charge in [0.1, 0.15) is 23.0 Å². The molecule has 0 saturated heterocycles. The number of nitrogens with one attached hydrogen (secondary N) is 1. The Bertz CT molecular complexity index is 1160. The largest absolute Gasteiger partial charge is 0.444 e. The summed E-state index contributed by atoms with van der Waals surface area (Å²) in [6.07, 6.45) is 3.15. The number of ether oxygens (including phenoxy) is 1. The SMILES string of the molecule is Cc1nc(-c2ccccc2)c(Oc2ccnc(Nc3ccnc(C(N)=O)c3)c2)s1. The molecule has 0 bridgehead atoms. The quantitative estimate of drug-likeness (QED) is 0.490. The molecule has 0 aliphatic rings. The zero-order valence-corrected chi connectivity index (χ0v) is 16.3. The number of primary amides is 1. The van der Waals surface area contributed by atoms with Crippen LogP contribution in [0.15, 0.2) is 67.0 Å². The van der Waals surface area contributed by atoms with Crippen molar-refractivity contribution in [2.45, 2.75) is 6.92 Å². The molecule has 0 saturated carbocycles. The summed E-state index contributed by atoms with van der Waals surface area (Å²) in [6, 6.07) is 16.7. The predicted octanol–water partition coefficient (Wildman–Crippen LogP) is 4.54. The van der Waals surface area contributed by atoms with E-state index in [-0.39, 0.29) is 5.69 Å². The van der Waals surface area contributed by atoms with Crippen molar-refractivity contribution in [2.24, 2.45) is 5.73 Å². The van der Waals surface area contributed by atoms with Gasteiger partial charge in [-0.15, -0.1) is 0 Å². The molecule has 7 nitrogen and oxygen atoms in total. The van der Waals surface area contributed by atoms with Gasteiger partial charge in [-0.25, -0.2) is 9.97 Å². The zero-order valence-electron chi connectivity index (χ0n) is 15.5. The van der Waals surface area contributed by atoms with Crippen molar-refractivity contribution in [1.29, 1.82) is 0 Å². The van der Waals surface area contributed by atoms with Crippen molar-refractivity contribution in [3.63, 3.8) is 0 Å². The van der Waals surface area contributed by atoms with Gasteiger partial charge < -0.3 is 15.8 Å². The Morgan fingerprint density at radius 2 is 1.86 bits per heavy atom. The van der Waals surface area contributed by atoms with Crippen molar-refractivity contribution in [1.82, 2.24) is 15.0 Å². The number of aromatic nitrogens is 3. The lowest BCUT2D eigenvalue weighted by atomic mass is 10.2. The number of rotatable bonds is 6. The summed E-state index contributed by atoms with van der Waals surface area (Å²) >= 11 is 1.49. The minimum atomic E-state index is -0.590. The second-order valence-electron chi connectivity index (χ2n) is 6.13. The second-order valence-corrected chi connectivity index (χ2v) is 7.30. The molecule has 3 N–H and O–H groups in total. The van der Waals surface area contributed by atoms with Crippen LogP contribution in [0.5, 0.6) is 10.8 Å². The lowest BCUT2D eigenvalue weighted by Crippen LogP contribution is -2.13. The summed E-state index contributed by atoms with van der Waals surface area (Å²) in [4.78, 5) is 24.1. The Balaban J connectivity index is 1.58. The van der Waals surface area contributed by atoms with Gasteiger partial charge in [-0.2, -0.15) is 0 Å². The lowest BCUT2D eigenvalue weighted by Gasteiger charge is -2.09. The summed E-state index contributed by atoms with van der Waals surface area (Å²) in [5.74, 6) is 0.590. The fourth-order valence-electron chi connectivity index (χ4n) is 2.70. The van der Waals surface area contributed by atoms with Crippen LogP contribution >= 0.6 is 11.3 Å². The maximum atomic E-state index is 11.3. The Kier molecular flexibility index (Phi) is 5.17. The first-order valence-corrected chi connectivity index (χ1v) is 9.60. The van der Waals surface area contributed by atoms with Gasteiger partial charge in [0.05, 0.1) is 5.01 Å². The van der Waals surface area contributed by atoms with Crippen molar-refractivity contribution in [3.8, 4) is 22.1 Å². The van der Waals surface area contributed by atoms with E-state index in [4.69, 9.17) is 10.5 Å². The molecule has 0 spiro atoms. The smallest absolute Gasteiger partial charge is 0.267 e. The number of anilines is 2. The number of thiazole rings is 1. The minimum absolute atomic E-state index is 0.176. The van der Waals surface area contributed by atoms with Crippen LogP contribution in [0.25, 0.3) is 11.3 Å². The number of hydrogen-bond acceptors (Lipinski definition) is 7. The summed E-state index contributed by atoms with van der Waals surface area (Å²) in [7, 11) is 0. The Hall–Kier alpha value is -3.78. The fraction of sp³-hybridized carbons (Fsp3) is 0.0476. The van der Waals surface area contributed by atoms with Gasteiger partial charge in [-0.1, -0.05) is 41.7 Å². The van der Waals surface area contributed by atoms with Gasteiger partial charge >= 0.3 is 0 Å². The van der Waals surface area contributed by atoms with Crippen LogP contribution in [0.3, 0.4) is 0 Å². The highest BCUT2D eigenvalue weighted by Gasteiger charge is 2.14. The maximum absolute atomic E-state index is 11.3. The van der Waals surface area contributed by atoms with E-state index in [1.54, 1.807) is 30.5 Å². The first-order chi connectivity index (χ1) is 14.1. The van der Waals surface area contributed by atoms with Crippen molar-refractivity contribution in [2.75, 3.05) is 5.32 Å². The molecule has 0 fully saturated rings. The van der Waals surface area contributed by atoms with Crippen LogP contribution < -0.4 is 15.8 Å². The number of carbonyl (C=O) groups excluding carboxylic acids is 1. The molecule has 4 rings (SSSR count). The Morgan fingerprint density at radius 1 is 1.07 bits per heavy atom. The highest BCUT2D eigenvalue weighted by molar-refractivity contribution is 7.13. The van der Waals surface area contributed by atoms with Gasteiger partial charge in [-0.05, 0) is 25.1 Å². The molecule has 0 unspecified atom stereocenters. The average molecular weight is 403 g/mol. The molecule has 3 heterocycles. The zero-order chi connectivity index (χ0) is 20.2. The molecule has 8 heteroatoms. The van der Waals surface area contributed by atoms with Gasteiger partial charge in [0, 0.05) is 29.7 Å². The molecule has 29 heavy (non-hydrogen) atoms. The van der Waals surface area contributed by atoms with E-state index in [1.165, 1.54) is 17.5 Å². The number of pyridine rings is 2. The number of amides is 1. The van der Waals surface area contributed by atoms with Crippen LogP contribution in [-0.4, -0.2) is 20.9 Å². The number of benzene rings is 1. The highest BCUT2D eigenvalue weighted by Crippen LogP contribution is 2.38. The fourth-order valence-corrected chi connectivity index (χ4v) is 3.50. The van der Waals surface area contributed by atoms with Crippen LogP contribution in [0, 0.1) is 6.92 Å². The maximum Gasteiger partial charge on any atom is 0.267 e. The number of hydrogen-bond donors (Lipinski definition) is 2. The first-order valence-electron chi connectivity index (χ1n) is 8.78.